The van der Waals surface area contributed by atoms with Gasteiger partial charge in [-0.3, -0.25) is 4.57 Å². The van der Waals surface area contributed by atoms with Crippen LogP contribution in [-0.2, 0) is 22.4 Å². The second-order valence-electron chi connectivity index (χ2n) is 8.24. The van der Waals surface area contributed by atoms with Crippen LogP contribution >= 0.6 is 0 Å². The number of carboxylic acids is 1. The number of esters is 1. The lowest BCUT2D eigenvalue weighted by molar-refractivity contribution is -0.132. The lowest BCUT2D eigenvalue weighted by atomic mass is 10.0. The molecule has 9 nitrogen and oxygen atoms in total. The van der Waals surface area contributed by atoms with Crippen LogP contribution in [-0.4, -0.2) is 55.0 Å². The van der Waals surface area contributed by atoms with Gasteiger partial charge in [-0.2, -0.15) is 0 Å². The van der Waals surface area contributed by atoms with Crippen molar-refractivity contribution in [1.29, 1.82) is 0 Å². The highest BCUT2D eigenvalue weighted by Crippen LogP contribution is 2.29. The van der Waals surface area contributed by atoms with Crippen molar-refractivity contribution in [2.24, 2.45) is 0 Å². The first-order valence-electron chi connectivity index (χ1n) is 11.8. The van der Waals surface area contributed by atoms with Gasteiger partial charge in [0.15, 0.2) is 0 Å². The summed E-state index contributed by atoms with van der Waals surface area (Å²) in [5, 5.41) is 10.1. The molecule has 2 aromatic carbocycles. The van der Waals surface area contributed by atoms with Crippen LogP contribution in [0.15, 0.2) is 48.2 Å². The number of aliphatic carboxylic acids is 1. The summed E-state index contributed by atoms with van der Waals surface area (Å²) in [6.07, 6.45) is 5.75. The molecule has 0 aliphatic rings. The number of benzene rings is 2. The van der Waals surface area contributed by atoms with Crippen LogP contribution in [0.5, 0.6) is 17.2 Å². The van der Waals surface area contributed by atoms with Crippen molar-refractivity contribution in [3.8, 4) is 22.9 Å². The van der Waals surface area contributed by atoms with Crippen molar-refractivity contribution < 1.29 is 33.6 Å². The Morgan fingerprint density at radius 3 is 2.32 bits per heavy atom. The number of imidazole rings is 1. The SMILES string of the molecule is CCCCc1ncc(/C=C(\Cc2ccc(OC)cc2OC)C(=O)O)n1-c1ccc(OC)cc1C(=O)OC. The first-order valence-corrected chi connectivity index (χ1v) is 11.8. The van der Waals surface area contributed by atoms with Gasteiger partial charge >= 0.3 is 11.9 Å². The van der Waals surface area contributed by atoms with E-state index in [-0.39, 0.29) is 17.6 Å². The van der Waals surface area contributed by atoms with Gasteiger partial charge in [0.2, 0.25) is 0 Å². The van der Waals surface area contributed by atoms with E-state index < -0.39 is 11.9 Å². The Morgan fingerprint density at radius 2 is 1.70 bits per heavy atom. The molecule has 0 saturated heterocycles. The number of aryl methyl sites for hydroxylation is 1. The maximum atomic E-state index is 12.7. The standard InChI is InChI=1S/C28H32N2O7/c1-6-7-8-26-29-17-20(30(26)24-12-11-21(34-2)15-23(24)28(33)37-5)14-19(27(31)32)13-18-9-10-22(35-3)16-25(18)36-4/h9-12,14-17H,6-8,13H2,1-5H3,(H,31,32)/b19-14+. The molecule has 3 aromatic rings. The quantitative estimate of drug-likeness (QED) is 0.276. The first-order chi connectivity index (χ1) is 17.9. The van der Waals surface area contributed by atoms with Crippen molar-refractivity contribution in [1.82, 2.24) is 9.55 Å². The molecule has 0 bridgehead atoms. The molecular formula is C28H32N2O7. The predicted molar refractivity (Wildman–Crippen MR) is 139 cm³/mol. The smallest absolute Gasteiger partial charge is 0.340 e. The molecule has 0 spiro atoms. The van der Waals surface area contributed by atoms with Gasteiger partial charge < -0.3 is 24.1 Å². The Morgan fingerprint density at radius 1 is 1.00 bits per heavy atom. The van der Waals surface area contributed by atoms with E-state index in [0.717, 1.165) is 12.8 Å². The third-order valence-electron chi connectivity index (χ3n) is 5.94. The highest BCUT2D eigenvalue weighted by atomic mass is 16.5. The van der Waals surface area contributed by atoms with Gasteiger partial charge in [0, 0.05) is 24.5 Å². The summed E-state index contributed by atoms with van der Waals surface area (Å²) in [4.78, 5) is 29.6. The number of ether oxygens (including phenoxy) is 4. The third-order valence-corrected chi connectivity index (χ3v) is 5.94. The second kappa shape index (κ2) is 12.6. The Hall–Kier alpha value is -4.27. The number of unbranched alkanes of at least 4 members (excludes halogenated alkanes) is 1. The van der Waals surface area contributed by atoms with Crippen molar-refractivity contribution in [2.75, 3.05) is 28.4 Å². The van der Waals surface area contributed by atoms with Crippen LogP contribution in [0, 0.1) is 0 Å². The number of aromatic nitrogens is 2. The summed E-state index contributed by atoms with van der Waals surface area (Å²) in [7, 11) is 5.90. The summed E-state index contributed by atoms with van der Waals surface area (Å²) >= 11 is 0. The third kappa shape index (κ3) is 6.30. The first kappa shape index (κ1) is 27.3. The van der Waals surface area contributed by atoms with E-state index in [1.54, 1.807) is 60.3 Å². The lowest BCUT2D eigenvalue weighted by Gasteiger charge is -2.16. The van der Waals surface area contributed by atoms with Crippen molar-refractivity contribution in [3.05, 3.63) is 70.8 Å². The predicted octanol–water partition coefficient (Wildman–Crippen LogP) is 4.74. The molecule has 1 N–H and O–H groups in total. The summed E-state index contributed by atoms with van der Waals surface area (Å²) in [6, 6.07) is 10.3. The minimum absolute atomic E-state index is 0.102. The van der Waals surface area contributed by atoms with Gasteiger partial charge in [-0.05, 0) is 42.3 Å². The summed E-state index contributed by atoms with van der Waals surface area (Å²) < 4.78 is 22.8. The van der Waals surface area contributed by atoms with E-state index in [1.807, 2.05) is 0 Å². The molecule has 0 aliphatic heterocycles. The Balaban J connectivity index is 2.17. The number of hydrogen-bond donors (Lipinski definition) is 1. The van der Waals surface area contributed by atoms with Gasteiger partial charge in [0.05, 0.1) is 51.6 Å². The molecule has 0 saturated carbocycles. The van der Waals surface area contributed by atoms with Crippen LogP contribution in [0.3, 0.4) is 0 Å². The van der Waals surface area contributed by atoms with Gasteiger partial charge in [0.1, 0.15) is 23.1 Å². The fraction of sp³-hybridized carbons (Fsp3) is 0.321. The van der Waals surface area contributed by atoms with Crippen LogP contribution < -0.4 is 14.2 Å². The maximum absolute atomic E-state index is 12.7. The monoisotopic (exact) mass is 508 g/mol. The summed E-state index contributed by atoms with van der Waals surface area (Å²) in [5.41, 5.74) is 2.13. The van der Waals surface area contributed by atoms with Crippen LogP contribution in [0.25, 0.3) is 11.8 Å². The number of hydrogen-bond acceptors (Lipinski definition) is 7. The fourth-order valence-electron chi connectivity index (χ4n) is 3.98. The zero-order valence-electron chi connectivity index (χ0n) is 21.7. The van der Waals surface area contributed by atoms with Gasteiger partial charge in [-0.15, -0.1) is 0 Å². The van der Waals surface area contributed by atoms with Gasteiger partial charge in [0.25, 0.3) is 0 Å². The Labute approximate surface area is 216 Å². The van der Waals surface area contributed by atoms with E-state index in [2.05, 4.69) is 11.9 Å². The molecule has 0 atom stereocenters. The van der Waals surface area contributed by atoms with Crippen molar-refractivity contribution >= 4 is 18.0 Å². The lowest BCUT2D eigenvalue weighted by Crippen LogP contribution is -2.12. The van der Waals surface area contributed by atoms with E-state index in [4.69, 9.17) is 18.9 Å². The minimum atomic E-state index is -1.08. The molecule has 9 heteroatoms. The highest BCUT2D eigenvalue weighted by molar-refractivity contribution is 5.95. The number of methoxy groups -OCH3 is 4. The van der Waals surface area contributed by atoms with E-state index >= 15 is 0 Å². The summed E-state index contributed by atoms with van der Waals surface area (Å²) in [6.45, 7) is 2.08. The molecular weight excluding hydrogens is 476 g/mol. The number of carbonyl (C=O) groups excluding carboxylic acids is 1. The van der Waals surface area contributed by atoms with Gasteiger partial charge in [-0.1, -0.05) is 19.4 Å². The number of carboxylic acid groups (broad SMARTS) is 1. The molecule has 0 fully saturated rings. The number of carbonyl (C=O) groups is 2. The molecule has 1 heterocycles. The van der Waals surface area contributed by atoms with E-state index in [1.165, 1.54) is 21.3 Å². The average molecular weight is 509 g/mol. The molecule has 3 rings (SSSR count). The minimum Gasteiger partial charge on any atom is -0.497 e. The van der Waals surface area contributed by atoms with Crippen molar-refractivity contribution in [3.63, 3.8) is 0 Å². The second-order valence-corrected chi connectivity index (χ2v) is 8.24. The van der Waals surface area contributed by atoms with Crippen LogP contribution in [0.1, 0.15) is 47.2 Å². The van der Waals surface area contributed by atoms with Crippen LogP contribution in [0.2, 0.25) is 0 Å². The molecule has 0 unspecified atom stereocenters. The topological polar surface area (TPSA) is 109 Å². The molecule has 0 amide bonds. The average Bonchev–Trinajstić information content (AvgIpc) is 3.32. The number of rotatable bonds is 12. The Kier molecular flexibility index (Phi) is 9.32. The normalized spacial score (nSPS) is 11.2. The zero-order valence-corrected chi connectivity index (χ0v) is 21.7. The zero-order chi connectivity index (χ0) is 26.9. The summed E-state index contributed by atoms with van der Waals surface area (Å²) in [5.74, 6) is 0.704. The largest absolute Gasteiger partial charge is 0.497 e. The van der Waals surface area contributed by atoms with E-state index in [9.17, 15) is 14.7 Å². The molecule has 0 aliphatic carbocycles. The molecule has 37 heavy (non-hydrogen) atoms. The van der Waals surface area contributed by atoms with Crippen LogP contribution in [0.4, 0.5) is 0 Å². The van der Waals surface area contributed by atoms with E-state index in [0.29, 0.717) is 46.4 Å². The van der Waals surface area contributed by atoms with Gasteiger partial charge in [-0.25, -0.2) is 14.6 Å². The highest BCUT2D eigenvalue weighted by Gasteiger charge is 2.21. The maximum Gasteiger partial charge on any atom is 0.340 e. The Bertz CT molecular complexity index is 1290. The number of nitrogens with zero attached hydrogens (tertiary/aromatic N) is 2. The fourth-order valence-corrected chi connectivity index (χ4v) is 3.98. The molecule has 196 valence electrons. The van der Waals surface area contributed by atoms with Crippen molar-refractivity contribution in [2.45, 2.75) is 32.6 Å². The molecule has 0 radical (unpaired) electrons. The molecule has 1 aromatic heterocycles.